The predicted molar refractivity (Wildman–Crippen MR) is 119 cm³/mol. The van der Waals surface area contributed by atoms with E-state index in [4.69, 9.17) is 4.74 Å². The number of aromatic nitrogens is 6. The van der Waals surface area contributed by atoms with Gasteiger partial charge in [-0.3, -0.25) is 4.79 Å². The molecule has 2 bridgehead atoms. The summed E-state index contributed by atoms with van der Waals surface area (Å²) in [6.45, 7) is 4.54. The van der Waals surface area contributed by atoms with Crippen molar-refractivity contribution in [1.29, 1.82) is 0 Å². The van der Waals surface area contributed by atoms with Gasteiger partial charge in [0.15, 0.2) is 5.82 Å². The third-order valence-electron chi connectivity index (χ3n) is 5.51. The van der Waals surface area contributed by atoms with Crippen LogP contribution in [-0.2, 0) is 0 Å². The number of anilines is 1. The fourth-order valence-electron chi connectivity index (χ4n) is 3.81. The van der Waals surface area contributed by atoms with E-state index in [0.717, 1.165) is 24.2 Å². The van der Waals surface area contributed by atoms with Crippen molar-refractivity contribution < 1.29 is 9.53 Å². The van der Waals surface area contributed by atoms with Crippen LogP contribution in [0.15, 0.2) is 55.2 Å². The monoisotopic (exact) mass is 429 g/mol. The number of benzene rings is 1. The molecule has 1 aliphatic heterocycles. The molecule has 4 heterocycles. The maximum absolute atomic E-state index is 13.2. The van der Waals surface area contributed by atoms with E-state index in [-0.39, 0.29) is 11.9 Å². The lowest BCUT2D eigenvalue weighted by Gasteiger charge is -2.18. The Labute approximate surface area is 185 Å². The molecule has 1 aliphatic rings. The van der Waals surface area contributed by atoms with Crippen molar-refractivity contribution in [3.05, 3.63) is 66.5 Å². The SMILES string of the molecule is Cc1cn(-c2ccc3c(c2)C(=O)Nc2cccc(n2)-c2nncn2C(C)CCCO3)cn1. The van der Waals surface area contributed by atoms with Gasteiger partial charge in [-0.25, -0.2) is 9.97 Å². The van der Waals surface area contributed by atoms with Crippen molar-refractivity contribution in [3.8, 4) is 23.0 Å². The number of imidazole rings is 1. The lowest BCUT2D eigenvalue weighted by Crippen LogP contribution is -2.17. The minimum Gasteiger partial charge on any atom is -0.493 e. The standard InChI is InChI=1S/C23H23N7O2/c1-15-12-29(13-24-15)17-8-9-20-18(11-17)23(31)27-21-7-3-6-19(26-21)22-28-25-14-30(22)16(2)5-4-10-32-20/h3,6-9,11-14,16H,4-5,10H2,1-2H3,(H,26,27,31). The molecule has 1 aromatic carbocycles. The van der Waals surface area contributed by atoms with Crippen molar-refractivity contribution >= 4 is 11.7 Å². The van der Waals surface area contributed by atoms with Crippen molar-refractivity contribution in [2.24, 2.45) is 0 Å². The lowest BCUT2D eigenvalue weighted by molar-refractivity contribution is 0.102. The molecular weight excluding hydrogens is 406 g/mol. The normalized spacial score (nSPS) is 16.3. The van der Waals surface area contributed by atoms with Crippen molar-refractivity contribution in [3.63, 3.8) is 0 Å². The number of fused-ring (bicyclic) bond motifs is 5. The van der Waals surface area contributed by atoms with Crippen LogP contribution in [0.3, 0.4) is 0 Å². The number of pyridine rings is 1. The first kappa shape index (κ1) is 19.9. The average Bonchev–Trinajstić information content (AvgIpc) is 3.45. The van der Waals surface area contributed by atoms with Gasteiger partial charge in [0.25, 0.3) is 5.91 Å². The molecule has 4 aromatic rings. The number of rotatable bonds is 1. The molecular formula is C23H23N7O2. The number of aryl methyl sites for hydroxylation is 1. The Morgan fingerprint density at radius 2 is 2.09 bits per heavy atom. The Kier molecular flexibility index (Phi) is 5.14. The second kappa shape index (κ2) is 8.26. The Hall–Kier alpha value is -4.01. The molecule has 1 atom stereocenters. The van der Waals surface area contributed by atoms with E-state index in [9.17, 15) is 4.79 Å². The number of carbonyl (C=O) groups is 1. The second-order valence-electron chi connectivity index (χ2n) is 7.87. The molecule has 0 radical (unpaired) electrons. The van der Waals surface area contributed by atoms with E-state index in [2.05, 4.69) is 32.4 Å². The lowest BCUT2D eigenvalue weighted by atomic mass is 10.1. The summed E-state index contributed by atoms with van der Waals surface area (Å²) in [7, 11) is 0. The maximum Gasteiger partial charge on any atom is 0.260 e. The first-order valence-electron chi connectivity index (χ1n) is 10.5. The Balaban J connectivity index is 1.55. The molecule has 5 rings (SSSR count). The van der Waals surface area contributed by atoms with Crippen molar-refractivity contribution in [2.75, 3.05) is 11.9 Å². The summed E-state index contributed by atoms with van der Waals surface area (Å²) in [6.07, 6.45) is 7.04. The Morgan fingerprint density at radius 3 is 2.94 bits per heavy atom. The summed E-state index contributed by atoms with van der Waals surface area (Å²) in [5.41, 5.74) is 2.82. The molecule has 0 aliphatic carbocycles. The highest BCUT2D eigenvalue weighted by Gasteiger charge is 2.19. The molecule has 162 valence electrons. The van der Waals surface area contributed by atoms with Crippen LogP contribution in [0.4, 0.5) is 5.82 Å². The number of hydrogen-bond donors (Lipinski definition) is 1. The first-order chi connectivity index (χ1) is 15.6. The molecule has 1 amide bonds. The van der Waals surface area contributed by atoms with Crippen LogP contribution in [-0.4, -0.2) is 41.8 Å². The Morgan fingerprint density at radius 1 is 1.19 bits per heavy atom. The molecule has 0 fully saturated rings. The van der Waals surface area contributed by atoms with E-state index in [0.29, 0.717) is 35.3 Å². The zero-order chi connectivity index (χ0) is 22.1. The van der Waals surface area contributed by atoms with Crippen molar-refractivity contribution in [1.82, 2.24) is 29.3 Å². The van der Waals surface area contributed by atoms with Gasteiger partial charge in [-0.15, -0.1) is 10.2 Å². The summed E-state index contributed by atoms with van der Waals surface area (Å²) >= 11 is 0. The quantitative estimate of drug-likeness (QED) is 0.494. The number of amides is 1. The van der Waals surface area contributed by atoms with E-state index >= 15 is 0 Å². The van der Waals surface area contributed by atoms with Crippen LogP contribution in [0, 0.1) is 6.92 Å². The largest absolute Gasteiger partial charge is 0.493 e. The smallest absolute Gasteiger partial charge is 0.260 e. The molecule has 0 saturated carbocycles. The van der Waals surface area contributed by atoms with Gasteiger partial charge in [0.2, 0.25) is 0 Å². The van der Waals surface area contributed by atoms with Gasteiger partial charge in [-0.2, -0.15) is 0 Å². The fourth-order valence-corrected chi connectivity index (χ4v) is 3.81. The zero-order valence-corrected chi connectivity index (χ0v) is 17.9. The summed E-state index contributed by atoms with van der Waals surface area (Å²) in [5.74, 6) is 1.34. The molecule has 0 spiro atoms. The molecule has 9 heteroatoms. The number of ether oxygens (including phenoxy) is 1. The third kappa shape index (κ3) is 3.84. The topological polar surface area (TPSA) is 99.8 Å². The summed E-state index contributed by atoms with van der Waals surface area (Å²) < 4.78 is 9.91. The van der Waals surface area contributed by atoms with Crippen LogP contribution < -0.4 is 10.1 Å². The summed E-state index contributed by atoms with van der Waals surface area (Å²) in [4.78, 5) is 22.1. The van der Waals surface area contributed by atoms with Crippen LogP contribution in [0.5, 0.6) is 5.75 Å². The van der Waals surface area contributed by atoms with Crippen LogP contribution >= 0.6 is 0 Å². The molecule has 1 N–H and O–H groups in total. The summed E-state index contributed by atoms with van der Waals surface area (Å²) in [6, 6.07) is 11.2. The number of nitrogens with one attached hydrogen (secondary N) is 1. The first-order valence-corrected chi connectivity index (χ1v) is 10.5. The molecule has 3 aromatic heterocycles. The molecule has 1 unspecified atom stereocenters. The van der Waals surface area contributed by atoms with E-state index in [1.807, 2.05) is 46.5 Å². The van der Waals surface area contributed by atoms with Crippen molar-refractivity contribution in [2.45, 2.75) is 32.7 Å². The van der Waals surface area contributed by atoms with Crippen LogP contribution in [0.1, 0.15) is 41.9 Å². The minimum absolute atomic E-state index is 0.179. The van der Waals surface area contributed by atoms with Gasteiger partial charge in [-0.05, 0) is 57.0 Å². The summed E-state index contributed by atoms with van der Waals surface area (Å²) in [5, 5.41) is 11.2. The van der Waals surface area contributed by atoms with Gasteiger partial charge < -0.3 is 19.2 Å². The number of hydrogen-bond acceptors (Lipinski definition) is 6. The van der Waals surface area contributed by atoms with Gasteiger partial charge >= 0.3 is 0 Å². The highest BCUT2D eigenvalue weighted by molar-refractivity contribution is 6.06. The van der Waals surface area contributed by atoms with Gasteiger partial charge in [0.1, 0.15) is 23.6 Å². The second-order valence-corrected chi connectivity index (χ2v) is 7.87. The zero-order valence-electron chi connectivity index (χ0n) is 17.9. The molecule has 9 nitrogen and oxygen atoms in total. The fraction of sp³-hybridized carbons (Fsp3) is 0.261. The highest BCUT2D eigenvalue weighted by Crippen LogP contribution is 2.27. The molecule has 32 heavy (non-hydrogen) atoms. The van der Waals surface area contributed by atoms with E-state index in [1.165, 1.54) is 0 Å². The van der Waals surface area contributed by atoms with Gasteiger partial charge in [0, 0.05) is 17.9 Å². The average molecular weight is 429 g/mol. The maximum atomic E-state index is 13.2. The highest BCUT2D eigenvalue weighted by atomic mass is 16.5. The predicted octanol–water partition coefficient (Wildman–Crippen LogP) is 3.82. The van der Waals surface area contributed by atoms with Gasteiger partial charge in [-0.1, -0.05) is 6.07 Å². The van der Waals surface area contributed by atoms with Crippen LogP contribution in [0.2, 0.25) is 0 Å². The molecule has 0 saturated heterocycles. The number of nitrogens with zero attached hydrogens (tertiary/aromatic N) is 6. The minimum atomic E-state index is -0.296. The van der Waals surface area contributed by atoms with E-state index in [1.54, 1.807) is 24.8 Å². The number of carbonyl (C=O) groups excluding carboxylic acids is 1. The van der Waals surface area contributed by atoms with Crippen LogP contribution in [0.25, 0.3) is 17.2 Å². The van der Waals surface area contributed by atoms with Gasteiger partial charge in [0.05, 0.1) is 24.2 Å². The van der Waals surface area contributed by atoms with E-state index < -0.39 is 0 Å². The Bertz CT molecular complexity index is 1280. The third-order valence-corrected chi connectivity index (χ3v) is 5.51.